The van der Waals surface area contributed by atoms with Crippen molar-refractivity contribution in [1.82, 2.24) is 20.2 Å². The first kappa shape index (κ1) is 11.0. The van der Waals surface area contributed by atoms with Crippen molar-refractivity contribution in [3.05, 3.63) is 40.7 Å². The van der Waals surface area contributed by atoms with Crippen LogP contribution in [0.4, 0.5) is 0 Å². The molecule has 0 atom stereocenters. The molecule has 0 saturated heterocycles. The fraction of sp³-hybridized carbons (Fsp3) is 0.300. The number of halogens is 1. The van der Waals surface area contributed by atoms with E-state index in [2.05, 4.69) is 15.5 Å². The molecule has 5 nitrogen and oxygen atoms in total. The van der Waals surface area contributed by atoms with Gasteiger partial charge in [0, 0.05) is 18.0 Å². The third-order valence-electron chi connectivity index (χ3n) is 2.22. The van der Waals surface area contributed by atoms with Crippen LogP contribution < -0.4 is 5.73 Å². The highest BCUT2D eigenvalue weighted by Crippen LogP contribution is 2.11. The Morgan fingerprint density at radius 2 is 2.00 bits per heavy atom. The van der Waals surface area contributed by atoms with Crippen molar-refractivity contribution in [3.63, 3.8) is 0 Å². The molecule has 0 saturated carbocycles. The second-order valence-electron chi connectivity index (χ2n) is 3.41. The van der Waals surface area contributed by atoms with E-state index in [1.165, 1.54) is 0 Å². The monoisotopic (exact) mass is 237 g/mol. The molecule has 2 aromatic rings. The first-order chi connectivity index (χ1) is 7.79. The van der Waals surface area contributed by atoms with Crippen molar-refractivity contribution in [2.45, 2.75) is 13.0 Å². The molecular formula is C10H12ClN5. The van der Waals surface area contributed by atoms with Crippen LogP contribution in [0.3, 0.4) is 0 Å². The molecule has 0 aliphatic rings. The summed E-state index contributed by atoms with van der Waals surface area (Å²) in [6.45, 7) is 1.16. The van der Waals surface area contributed by atoms with Crippen molar-refractivity contribution in [2.75, 3.05) is 6.54 Å². The number of tetrazole rings is 1. The Kier molecular flexibility index (Phi) is 3.48. The molecule has 1 heterocycles. The summed E-state index contributed by atoms with van der Waals surface area (Å²) < 4.78 is 1.72. The van der Waals surface area contributed by atoms with Crippen LogP contribution in [0.25, 0.3) is 0 Å². The molecule has 6 heteroatoms. The maximum absolute atomic E-state index is 5.81. The number of rotatable bonds is 4. The fourth-order valence-corrected chi connectivity index (χ4v) is 1.56. The minimum atomic E-state index is 0.526. The maximum atomic E-state index is 5.81. The minimum Gasteiger partial charge on any atom is -0.329 e. The summed E-state index contributed by atoms with van der Waals surface area (Å²) in [4.78, 5) is 0. The van der Waals surface area contributed by atoms with Gasteiger partial charge in [0.2, 0.25) is 0 Å². The summed E-state index contributed by atoms with van der Waals surface area (Å²) in [5.41, 5.74) is 6.59. The fourth-order valence-electron chi connectivity index (χ4n) is 1.43. The van der Waals surface area contributed by atoms with Crippen LogP contribution in [0.1, 0.15) is 11.4 Å². The number of aromatic nitrogens is 4. The molecule has 0 aliphatic carbocycles. The third kappa shape index (κ3) is 2.56. The van der Waals surface area contributed by atoms with Gasteiger partial charge in [0.15, 0.2) is 5.82 Å². The van der Waals surface area contributed by atoms with Gasteiger partial charge in [0.05, 0.1) is 6.54 Å². The Morgan fingerprint density at radius 3 is 2.69 bits per heavy atom. The molecule has 0 fully saturated rings. The van der Waals surface area contributed by atoms with Crippen LogP contribution in [0.2, 0.25) is 5.02 Å². The summed E-state index contributed by atoms with van der Waals surface area (Å²) >= 11 is 5.81. The number of nitrogens with two attached hydrogens (primary N) is 1. The lowest BCUT2D eigenvalue weighted by atomic mass is 10.1. The molecule has 2 rings (SSSR count). The summed E-state index contributed by atoms with van der Waals surface area (Å²) in [6.07, 6.45) is 0.685. The Morgan fingerprint density at radius 1 is 1.25 bits per heavy atom. The predicted octanol–water partition coefficient (Wildman–Crippen LogP) is 0.876. The van der Waals surface area contributed by atoms with E-state index in [9.17, 15) is 0 Å². The van der Waals surface area contributed by atoms with Gasteiger partial charge in [0.1, 0.15) is 0 Å². The Labute approximate surface area is 98.2 Å². The van der Waals surface area contributed by atoms with Gasteiger partial charge in [-0.3, -0.25) is 0 Å². The second kappa shape index (κ2) is 5.05. The standard InChI is InChI=1S/C10H12ClN5/c11-9-3-1-8(2-4-9)7-10-13-14-15-16(10)6-5-12/h1-4H,5-7,12H2. The van der Waals surface area contributed by atoms with E-state index in [1.54, 1.807) is 4.68 Å². The number of benzene rings is 1. The largest absolute Gasteiger partial charge is 0.329 e. The highest BCUT2D eigenvalue weighted by Gasteiger charge is 2.05. The molecule has 0 amide bonds. The van der Waals surface area contributed by atoms with Crippen LogP contribution in [0.5, 0.6) is 0 Å². The molecule has 0 aliphatic heterocycles. The van der Waals surface area contributed by atoms with Crippen molar-refractivity contribution in [3.8, 4) is 0 Å². The van der Waals surface area contributed by atoms with Gasteiger partial charge >= 0.3 is 0 Å². The smallest absolute Gasteiger partial charge is 0.155 e. The lowest BCUT2D eigenvalue weighted by Gasteiger charge is -2.02. The lowest BCUT2D eigenvalue weighted by Crippen LogP contribution is -2.14. The second-order valence-corrected chi connectivity index (χ2v) is 3.85. The predicted molar refractivity (Wildman–Crippen MR) is 61.1 cm³/mol. The highest BCUT2D eigenvalue weighted by atomic mass is 35.5. The van der Waals surface area contributed by atoms with Crippen molar-refractivity contribution in [2.24, 2.45) is 5.73 Å². The van der Waals surface area contributed by atoms with E-state index in [4.69, 9.17) is 17.3 Å². The first-order valence-corrected chi connectivity index (χ1v) is 5.37. The van der Waals surface area contributed by atoms with Gasteiger partial charge in [0.25, 0.3) is 0 Å². The highest BCUT2D eigenvalue weighted by molar-refractivity contribution is 6.30. The maximum Gasteiger partial charge on any atom is 0.155 e. The Bertz CT molecular complexity index is 450. The molecule has 84 valence electrons. The quantitative estimate of drug-likeness (QED) is 0.857. The van der Waals surface area contributed by atoms with Crippen LogP contribution in [-0.2, 0) is 13.0 Å². The average molecular weight is 238 g/mol. The van der Waals surface area contributed by atoms with E-state index >= 15 is 0 Å². The van der Waals surface area contributed by atoms with Gasteiger partial charge in [-0.15, -0.1) is 5.10 Å². The van der Waals surface area contributed by atoms with Crippen molar-refractivity contribution >= 4 is 11.6 Å². The van der Waals surface area contributed by atoms with Crippen LogP contribution >= 0.6 is 11.6 Å². The molecule has 2 N–H and O–H groups in total. The molecule has 0 unspecified atom stereocenters. The number of hydrogen-bond acceptors (Lipinski definition) is 4. The molecule has 1 aromatic heterocycles. The lowest BCUT2D eigenvalue weighted by molar-refractivity contribution is 0.578. The summed E-state index contributed by atoms with van der Waals surface area (Å²) in [6, 6.07) is 7.63. The Balaban J connectivity index is 2.13. The third-order valence-corrected chi connectivity index (χ3v) is 2.47. The van der Waals surface area contributed by atoms with E-state index in [0.29, 0.717) is 19.5 Å². The van der Waals surface area contributed by atoms with Crippen LogP contribution in [0, 0.1) is 0 Å². The van der Waals surface area contributed by atoms with E-state index in [-0.39, 0.29) is 0 Å². The molecule has 0 bridgehead atoms. The van der Waals surface area contributed by atoms with Crippen LogP contribution in [-0.4, -0.2) is 26.8 Å². The normalized spacial score (nSPS) is 10.6. The van der Waals surface area contributed by atoms with Crippen molar-refractivity contribution in [1.29, 1.82) is 0 Å². The topological polar surface area (TPSA) is 69.6 Å². The summed E-state index contributed by atoms with van der Waals surface area (Å²) in [7, 11) is 0. The zero-order valence-corrected chi connectivity index (χ0v) is 9.43. The van der Waals surface area contributed by atoms with Gasteiger partial charge in [-0.25, -0.2) is 4.68 Å². The van der Waals surface area contributed by atoms with Gasteiger partial charge in [-0.1, -0.05) is 23.7 Å². The minimum absolute atomic E-state index is 0.526. The van der Waals surface area contributed by atoms with Crippen LogP contribution in [0.15, 0.2) is 24.3 Å². The zero-order chi connectivity index (χ0) is 11.4. The van der Waals surface area contributed by atoms with E-state index < -0.39 is 0 Å². The molecule has 0 radical (unpaired) electrons. The molecule has 1 aromatic carbocycles. The Hall–Kier alpha value is -1.46. The molecule has 0 spiro atoms. The molecular weight excluding hydrogens is 226 g/mol. The molecule has 16 heavy (non-hydrogen) atoms. The van der Waals surface area contributed by atoms with Gasteiger partial charge in [-0.05, 0) is 28.1 Å². The first-order valence-electron chi connectivity index (χ1n) is 4.99. The van der Waals surface area contributed by atoms with Gasteiger partial charge < -0.3 is 5.73 Å². The average Bonchev–Trinajstić information content (AvgIpc) is 2.70. The summed E-state index contributed by atoms with van der Waals surface area (Å²) in [5, 5.41) is 12.2. The van der Waals surface area contributed by atoms with Crippen molar-refractivity contribution < 1.29 is 0 Å². The number of hydrogen-bond donors (Lipinski definition) is 1. The van der Waals surface area contributed by atoms with E-state index in [0.717, 1.165) is 16.4 Å². The number of nitrogens with zero attached hydrogens (tertiary/aromatic N) is 4. The van der Waals surface area contributed by atoms with E-state index in [1.807, 2.05) is 24.3 Å². The van der Waals surface area contributed by atoms with Gasteiger partial charge in [-0.2, -0.15) is 0 Å². The summed E-state index contributed by atoms with van der Waals surface area (Å²) in [5.74, 6) is 0.813. The SMILES string of the molecule is NCCn1nnnc1Cc1ccc(Cl)cc1. The zero-order valence-electron chi connectivity index (χ0n) is 8.67.